The Kier molecular flexibility index (Phi) is 6.90. The lowest BCUT2D eigenvalue weighted by atomic mass is 9.70. The Hall–Kier alpha value is -1.89. The molecule has 1 aliphatic carbocycles. The van der Waals surface area contributed by atoms with Crippen LogP contribution in [0.25, 0.3) is 0 Å². The summed E-state index contributed by atoms with van der Waals surface area (Å²) in [6, 6.07) is 8.57. The molecule has 3 rings (SSSR count). The Morgan fingerprint density at radius 2 is 1.67 bits per heavy atom. The van der Waals surface area contributed by atoms with Gasteiger partial charge >= 0.3 is 5.97 Å². The minimum atomic E-state index is -3.15. The van der Waals surface area contributed by atoms with Gasteiger partial charge in [-0.15, -0.1) is 0 Å². The van der Waals surface area contributed by atoms with Crippen molar-refractivity contribution in [2.75, 3.05) is 23.0 Å². The highest BCUT2D eigenvalue weighted by Crippen LogP contribution is 2.40. The van der Waals surface area contributed by atoms with Gasteiger partial charge in [0.15, 0.2) is 16.4 Å². The van der Waals surface area contributed by atoms with Gasteiger partial charge in [-0.2, -0.15) is 0 Å². The van der Waals surface area contributed by atoms with Crippen molar-refractivity contribution in [2.24, 2.45) is 17.3 Å². The van der Waals surface area contributed by atoms with Crippen LogP contribution < -0.4 is 4.90 Å². The predicted octanol–water partition coefficient (Wildman–Crippen LogP) is 3.60. The van der Waals surface area contributed by atoms with Gasteiger partial charge in [0.1, 0.15) is 0 Å². The summed E-state index contributed by atoms with van der Waals surface area (Å²) >= 11 is 0. The maximum Gasteiger partial charge on any atom is 0.309 e. The molecule has 1 aliphatic heterocycles. The molecule has 2 fully saturated rings. The van der Waals surface area contributed by atoms with Gasteiger partial charge in [-0.25, -0.2) is 8.42 Å². The van der Waals surface area contributed by atoms with E-state index in [4.69, 9.17) is 4.74 Å². The van der Waals surface area contributed by atoms with E-state index in [0.717, 1.165) is 25.7 Å². The summed E-state index contributed by atoms with van der Waals surface area (Å²) < 4.78 is 29.3. The van der Waals surface area contributed by atoms with Crippen LogP contribution in [0, 0.1) is 17.3 Å². The molecule has 0 unspecified atom stereocenters. The first-order chi connectivity index (χ1) is 14.1. The number of esters is 1. The van der Waals surface area contributed by atoms with Crippen molar-refractivity contribution in [2.45, 2.75) is 58.9 Å². The highest BCUT2D eigenvalue weighted by atomic mass is 32.2. The number of hydrogen-bond acceptors (Lipinski definition) is 5. The van der Waals surface area contributed by atoms with Crippen LogP contribution in [0.15, 0.2) is 30.3 Å². The monoisotopic (exact) mass is 435 g/mol. The predicted molar refractivity (Wildman–Crippen MR) is 117 cm³/mol. The zero-order valence-corrected chi connectivity index (χ0v) is 19.0. The van der Waals surface area contributed by atoms with Crippen molar-refractivity contribution in [3.63, 3.8) is 0 Å². The van der Waals surface area contributed by atoms with E-state index in [1.54, 1.807) is 24.3 Å². The molecule has 1 aromatic rings. The Morgan fingerprint density at radius 1 is 1.03 bits per heavy atom. The van der Waals surface area contributed by atoms with Crippen LogP contribution in [0.3, 0.4) is 0 Å². The summed E-state index contributed by atoms with van der Waals surface area (Å²) in [5.74, 6) is -0.235. The topological polar surface area (TPSA) is 80.8 Å². The van der Waals surface area contributed by atoms with E-state index >= 15 is 0 Å². The van der Waals surface area contributed by atoms with Gasteiger partial charge in [-0.1, -0.05) is 39.0 Å². The quantitative estimate of drug-likeness (QED) is 0.660. The smallest absolute Gasteiger partial charge is 0.309 e. The average molecular weight is 436 g/mol. The molecule has 0 bridgehead atoms. The van der Waals surface area contributed by atoms with E-state index in [-0.39, 0.29) is 41.3 Å². The van der Waals surface area contributed by atoms with Gasteiger partial charge in [0.05, 0.1) is 23.5 Å². The summed E-state index contributed by atoms with van der Waals surface area (Å²) in [5, 5.41) is 0. The van der Waals surface area contributed by atoms with Crippen molar-refractivity contribution in [1.29, 1.82) is 0 Å². The summed E-state index contributed by atoms with van der Waals surface area (Å²) in [4.78, 5) is 27.0. The first-order valence-corrected chi connectivity index (χ1v) is 12.6. The second-order valence-corrected chi connectivity index (χ2v) is 11.9. The van der Waals surface area contributed by atoms with Crippen LogP contribution in [0.2, 0.25) is 0 Å². The van der Waals surface area contributed by atoms with Gasteiger partial charge in [0.25, 0.3) is 5.91 Å². The van der Waals surface area contributed by atoms with Crippen molar-refractivity contribution in [1.82, 2.24) is 0 Å². The number of carbonyl (C=O) groups is 2. The summed E-state index contributed by atoms with van der Waals surface area (Å²) in [7, 11) is -3.15. The first-order valence-electron chi connectivity index (χ1n) is 10.8. The molecule has 6 nitrogen and oxygen atoms in total. The van der Waals surface area contributed by atoms with E-state index in [9.17, 15) is 18.0 Å². The fraction of sp³-hybridized carbons (Fsp3) is 0.652. The Bertz CT molecular complexity index is 851. The molecule has 1 heterocycles. The minimum absolute atomic E-state index is 0.0571. The summed E-state index contributed by atoms with van der Waals surface area (Å²) in [6.07, 6.45) is 3.96. The molecular formula is C23H33NO5S. The molecule has 1 amide bonds. The number of amides is 1. The number of rotatable bonds is 5. The molecule has 1 saturated carbocycles. The van der Waals surface area contributed by atoms with E-state index < -0.39 is 15.9 Å². The number of ether oxygens (including phenoxy) is 1. The third-order valence-corrected chi connectivity index (χ3v) is 8.25. The van der Waals surface area contributed by atoms with Gasteiger partial charge in [0, 0.05) is 5.69 Å². The zero-order valence-electron chi connectivity index (χ0n) is 18.2. The Labute approximate surface area is 179 Å². The maximum atomic E-state index is 13.0. The van der Waals surface area contributed by atoms with Gasteiger partial charge in [-0.05, 0) is 55.6 Å². The minimum Gasteiger partial charge on any atom is -0.455 e. The second kappa shape index (κ2) is 9.08. The number of sulfone groups is 1. The van der Waals surface area contributed by atoms with Crippen molar-refractivity contribution < 1.29 is 22.7 Å². The zero-order chi connectivity index (χ0) is 21.9. The molecular weight excluding hydrogens is 402 g/mol. The first kappa shape index (κ1) is 22.8. The molecule has 1 aromatic carbocycles. The SMILES string of the molecule is CC(C)(C)C1CCC(C(=O)OCC(=O)N(c2ccccc2)[C@@H]2CCS(=O)(=O)C2)CC1. The number of para-hydroxylation sites is 1. The van der Waals surface area contributed by atoms with Gasteiger partial charge in [0.2, 0.25) is 0 Å². The van der Waals surface area contributed by atoms with Gasteiger partial charge in [-0.3, -0.25) is 9.59 Å². The van der Waals surface area contributed by atoms with E-state index in [1.807, 2.05) is 6.07 Å². The standard InChI is InChI=1S/C23H33NO5S/c1-23(2,3)18-11-9-17(10-12-18)22(26)29-15-21(25)24(19-7-5-4-6-8-19)20-13-14-30(27,28)16-20/h4-8,17-18,20H,9-16H2,1-3H3/t17?,18?,20-/m1/s1. The molecule has 0 aromatic heterocycles. The number of hydrogen-bond donors (Lipinski definition) is 0. The van der Waals surface area contributed by atoms with E-state index in [0.29, 0.717) is 18.0 Å². The van der Waals surface area contributed by atoms with Crippen molar-refractivity contribution in [3.05, 3.63) is 30.3 Å². The molecule has 7 heteroatoms. The second-order valence-electron chi connectivity index (χ2n) is 9.68. The van der Waals surface area contributed by atoms with E-state index in [2.05, 4.69) is 20.8 Å². The van der Waals surface area contributed by atoms with Crippen molar-refractivity contribution in [3.8, 4) is 0 Å². The highest BCUT2D eigenvalue weighted by Gasteiger charge is 2.37. The van der Waals surface area contributed by atoms with Crippen LogP contribution in [0.4, 0.5) is 5.69 Å². The van der Waals surface area contributed by atoms with Crippen LogP contribution in [-0.4, -0.2) is 44.4 Å². The van der Waals surface area contributed by atoms with Crippen LogP contribution >= 0.6 is 0 Å². The lowest BCUT2D eigenvalue weighted by Crippen LogP contribution is -2.44. The van der Waals surface area contributed by atoms with E-state index in [1.165, 1.54) is 4.90 Å². The molecule has 1 atom stereocenters. The number of carbonyl (C=O) groups excluding carboxylic acids is 2. The molecule has 2 aliphatic rings. The number of nitrogens with zero attached hydrogens (tertiary/aromatic N) is 1. The number of benzene rings is 1. The normalized spacial score (nSPS) is 26.2. The highest BCUT2D eigenvalue weighted by molar-refractivity contribution is 7.91. The fourth-order valence-corrected chi connectivity index (χ4v) is 6.34. The lowest BCUT2D eigenvalue weighted by molar-refractivity contribution is -0.153. The fourth-order valence-electron chi connectivity index (χ4n) is 4.64. The Morgan fingerprint density at radius 3 is 2.20 bits per heavy atom. The lowest BCUT2D eigenvalue weighted by Gasteiger charge is -2.36. The molecule has 0 radical (unpaired) electrons. The summed E-state index contributed by atoms with van der Waals surface area (Å²) in [5.41, 5.74) is 0.870. The molecule has 0 spiro atoms. The maximum absolute atomic E-state index is 13.0. The molecule has 1 saturated heterocycles. The molecule has 166 valence electrons. The van der Waals surface area contributed by atoms with Crippen LogP contribution in [0.5, 0.6) is 0 Å². The third-order valence-electron chi connectivity index (χ3n) is 6.50. The van der Waals surface area contributed by atoms with Crippen LogP contribution in [-0.2, 0) is 24.2 Å². The van der Waals surface area contributed by atoms with Gasteiger partial charge < -0.3 is 9.64 Å². The number of anilines is 1. The summed E-state index contributed by atoms with van der Waals surface area (Å²) in [6.45, 7) is 6.34. The van der Waals surface area contributed by atoms with Crippen molar-refractivity contribution >= 4 is 27.4 Å². The average Bonchev–Trinajstić information content (AvgIpc) is 3.05. The van der Waals surface area contributed by atoms with Crippen LogP contribution in [0.1, 0.15) is 52.9 Å². The molecule has 0 N–H and O–H groups in total. The molecule has 30 heavy (non-hydrogen) atoms. The largest absolute Gasteiger partial charge is 0.455 e. The Balaban J connectivity index is 1.60. The third kappa shape index (κ3) is 5.62.